The number of anilines is 1. The van der Waals surface area contributed by atoms with E-state index in [9.17, 15) is 13.2 Å². The largest absolute Gasteiger partial charge is 0.494 e. The highest BCUT2D eigenvalue weighted by Gasteiger charge is 2.23. The maximum atomic E-state index is 13.1. The van der Waals surface area contributed by atoms with Crippen LogP contribution in [-0.2, 0) is 23.0 Å². The van der Waals surface area contributed by atoms with Crippen molar-refractivity contribution in [3.63, 3.8) is 0 Å². The van der Waals surface area contributed by atoms with Crippen molar-refractivity contribution in [1.29, 1.82) is 0 Å². The maximum Gasteiger partial charge on any atom is 0.255 e. The lowest BCUT2D eigenvalue weighted by molar-refractivity contribution is 0.102. The Morgan fingerprint density at radius 1 is 0.971 bits per heavy atom. The van der Waals surface area contributed by atoms with E-state index < -0.39 is 10.0 Å². The number of nitrogens with zero attached hydrogens (tertiary/aromatic N) is 1. The quantitative estimate of drug-likeness (QED) is 0.365. The van der Waals surface area contributed by atoms with Gasteiger partial charge in [0.15, 0.2) is 0 Å². The van der Waals surface area contributed by atoms with Gasteiger partial charge < -0.3 is 10.1 Å². The van der Waals surface area contributed by atoms with Crippen LogP contribution in [0.5, 0.6) is 5.75 Å². The number of aryl methyl sites for hydroxylation is 2. The van der Waals surface area contributed by atoms with E-state index in [4.69, 9.17) is 4.74 Å². The molecule has 0 saturated heterocycles. The summed E-state index contributed by atoms with van der Waals surface area (Å²) in [5.41, 5.74) is 3.99. The van der Waals surface area contributed by atoms with Crippen LogP contribution in [0.3, 0.4) is 0 Å². The zero-order valence-corrected chi connectivity index (χ0v) is 21.7. The van der Waals surface area contributed by atoms with Gasteiger partial charge in [-0.15, -0.1) is 0 Å². The van der Waals surface area contributed by atoms with Gasteiger partial charge in [-0.1, -0.05) is 43.2 Å². The molecule has 0 heterocycles. The van der Waals surface area contributed by atoms with Gasteiger partial charge in [0.2, 0.25) is 10.0 Å². The zero-order valence-electron chi connectivity index (χ0n) is 20.9. The summed E-state index contributed by atoms with van der Waals surface area (Å²) in [6.45, 7) is 6.43. The highest BCUT2D eigenvalue weighted by atomic mass is 32.2. The molecule has 186 valence electrons. The number of unbranched alkanes of at least 4 members (excludes halogenated alkanes) is 1. The molecule has 3 aromatic carbocycles. The van der Waals surface area contributed by atoms with Crippen LogP contribution in [0, 0.1) is 6.92 Å². The molecule has 1 N–H and O–H groups in total. The highest BCUT2D eigenvalue weighted by Crippen LogP contribution is 2.25. The van der Waals surface area contributed by atoms with Crippen LogP contribution in [0.1, 0.15) is 53.7 Å². The molecular formula is C28H34N2O4S. The van der Waals surface area contributed by atoms with E-state index in [1.165, 1.54) is 16.9 Å². The van der Waals surface area contributed by atoms with E-state index in [1.807, 2.05) is 38.1 Å². The summed E-state index contributed by atoms with van der Waals surface area (Å²) >= 11 is 0. The summed E-state index contributed by atoms with van der Waals surface area (Å²) in [6.07, 6.45) is 3.29. The van der Waals surface area contributed by atoms with Gasteiger partial charge >= 0.3 is 0 Å². The van der Waals surface area contributed by atoms with Gasteiger partial charge in [-0.2, -0.15) is 4.31 Å². The van der Waals surface area contributed by atoms with Crippen molar-refractivity contribution in [2.45, 2.75) is 51.5 Å². The summed E-state index contributed by atoms with van der Waals surface area (Å²) in [5.74, 6) is 0.287. The molecular weight excluding hydrogens is 460 g/mol. The Morgan fingerprint density at radius 3 is 2.29 bits per heavy atom. The Morgan fingerprint density at radius 2 is 1.66 bits per heavy atom. The summed E-state index contributed by atoms with van der Waals surface area (Å²) < 4.78 is 33.1. The summed E-state index contributed by atoms with van der Waals surface area (Å²) in [5, 5.41) is 2.92. The molecule has 0 atom stereocenters. The molecule has 35 heavy (non-hydrogen) atoms. The van der Waals surface area contributed by atoms with Crippen molar-refractivity contribution in [1.82, 2.24) is 4.31 Å². The number of hydrogen-bond acceptors (Lipinski definition) is 4. The Hall–Kier alpha value is -3.16. The standard InChI is InChI=1S/C28H34N2O4S/c1-5-7-8-22-11-14-25(15-12-22)29-28(31)23-13-18-27(34-6-2)24(19-23)20-30(4)35(32,33)26-16-9-21(3)10-17-26/h9-19H,5-8,20H2,1-4H3,(H,29,31). The molecule has 3 rings (SSSR count). The third kappa shape index (κ3) is 6.93. The third-order valence-corrected chi connectivity index (χ3v) is 7.59. The number of ether oxygens (including phenoxy) is 1. The smallest absolute Gasteiger partial charge is 0.255 e. The molecule has 0 radical (unpaired) electrons. The molecule has 7 heteroatoms. The fourth-order valence-corrected chi connectivity index (χ4v) is 4.84. The lowest BCUT2D eigenvalue weighted by atomic mass is 10.1. The second kappa shape index (κ2) is 12.0. The van der Waals surface area contributed by atoms with Crippen molar-refractivity contribution >= 4 is 21.6 Å². The van der Waals surface area contributed by atoms with Gasteiger partial charge in [0.1, 0.15) is 5.75 Å². The normalized spacial score (nSPS) is 11.5. The van der Waals surface area contributed by atoms with Gasteiger partial charge in [0.05, 0.1) is 11.5 Å². The Bertz CT molecular complexity index is 1240. The fraction of sp³-hybridized carbons (Fsp3) is 0.321. The molecule has 0 fully saturated rings. The molecule has 6 nitrogen and oxygen atoms in total. The number of carbonyl (C=O) groups excluding carboxylic acids is 1. The van der Waals surface area contributed by atoms with Gasteiger partial charge in [0, 0.05) is 30.4 Å². The molecule has 0 saturated carbocycles. The molecule has 0 spiro atoms. The van der Waals surface area contributed by atoms with Crippen molar-refractivity contribution < 1.29 is 17.9 Å². The minimum atomic E-state index is -3.70. The Labute approximate surface area is 209 Å². The first kappa shape index (κ1) is 26.4. The Balaban J connectivity index is 1.79. The average Bonchev–Trinajstić information content (AvgIpc) is 2.85. The number of rotatable bonds is 11. The van der Waals surface area contributed by atoms with Gasteiger partial charge in [-0.25, -0.2) is 8.42 Å². The van der Waals surface area contributed by atoms with Crippen LogP contribution < -0.4 is 10.1 Å². The van der Waals surface area contributed by atoms with E-state index >= 15 is 0 Å². The molecule has 1 amide bonds. The number of amides is 1. The summed E-state index contributed by atoms with van der Waals surface area (Å²) in [6, 6.07) is 19.7. The Kier molecular flexibility index (Phi) is 9.07. The number of benzene rings is 3. The van der Waals surface area contributed by atoms with Crippen LogP contribution >= 0.6 is 0 Å². The van der Waals surface area contributed by atoms with Crippen molar-refractivity contribution in [2.24, 2.45) is 0 Å². The lowest BCUT2D eigenvalue weighted by Crippen LogP contribution is -2.27. The predicted molar refractivity (Wildman–Crippen MR) is 140 cm³/mol. The van der Waals surface area contributed by atoms with E-state index in [1.54, 1.807) is 42.5 Å². The molecule has 3 aromatic rings. The molecule has 0 aliphatic rings. The van der Waals surface area contributed by atoms with E-state index in [2.05, 4.69) is 12.2 Å². The third-order valence-electron chi connectivity index (χ3n) is 5.78. The lowest BCUT2D eigenvalue weighted by Gasteiger charge is -2.20. The molecule has 0 aliphatic heterocycles. The van der Waals surface area contributed by atoms with Gasteiger partial charge in [0.25, 0.3) is 5.91 Å². The topological polar surface area (TPSA) is 75.7 Å². The summed E-state index contributed by atoms with van der Waals surface area (Å²) in [4.78, 5) is 13.2. The van der Waals surface area contributed by atoms with Gasteiger partial charge in [-0.3, -0.25) is 4.79 Å². The van der Waals surface area contributed by atoms with Crippen LogP contribution in [0.25, 0.3) is 0 Å². The second-order valence-electron chi connectivity index (χ2n) is 8.58. The minimum absolute atomic E-state index is 0.0682. The number of sulfonamides is 1. The summed E-state index contributed by atoms with van der Waals surface area (Å²) in [7, 11) is -2.18. The van der Waals surface area contributed by atoms with Crippen LogP contribution in [0.2, 0.25) is 0 Å². The van der Waals surface area contributed by atoms with E-state index in [-0.39, 0.29) is 17.3 Å². The molecule has 0 aromatic heterocycles. The molecule has 0 aliphatic carbocycles. The van der Waals surface area contributed by atoms with Crippen molar-refractivity contribution in [2.75, 3.05) is 19.0 Å². The fourth-order valence-electron chi connectivity index (χ4n) is 3.69. The predicted octanol–water partition coefficient (Wildman–Crippen LogP) is 5.81. The first-order valence-corrected chi connectivity index (χ1v) is 13.4. The monoisotopic (exact) mass is 494 g/mol. The van der Waals surface area contributed by atoms with Crippen molar-refractivity contribution in [3.8, 4) is 5.75 Å². The van der Waals surface area contributed by atoms with Crippen LogP contribution in [-0.4, -0.2) is 32.3 Å². The number of hydrogen-bond donors (Lipinski definition) is 1. The molecule has 0 unspecified atom stereocenters. The minimum Gasteiger partial charge on any atom is -0.494 e. The van der Waals surface area contributed by atoms with Gasteiger partial charge in [-0.05, 0) is 74.7 Å². The molecule has 0 bridgehead atoms. The maximum absolute atomic E-state index is 13.1. The second-order valence-corrected chi connectivity index (χ2v) is 10.6. The first-order valence-electron chi connectivity index (χ1n) is 11.9. The van der Waals surface area contributed by atoms with Crippen molar-refractivity contribution in [3.05, 3.63) is 89.0 Å². The zero-order chi connectivity index (χ0) is 25.4. The van der Waals surface area contributed by atoms with Crippen LogP contribution in [0.15, 0.2) is 71.6 Å². The highest BCUT2D eigenvalue weighted by molar-refractivity contribution is 7.89. The average molecular weight is 495 g/mol. The van der Waals surface area contributed by atoms with E-state index in [0.717, 1.165) is 24.8 Å². The number of nitrogens with one attached hydrogen (secondary N) is 1. The first-order chi connectivity index (χ1) is 16.7. The van der Waals surface area contributed by atoms with Crippen LogP contribution in [0.4, 0.5) is 5.69 Å². The number of carbonyl (C=O) groups is 1. The van der Waals surface area contributed by atoms with E-state index in [0.29, 0.717) is 29.2 Å². The SMILES string of the molecule is CCCCc1ccc(NC(=O)c2ccc(OCC)c(CN(C)S(=O)(=O)c3ccc(C)cc3)c2)cc1.